The summed E-state index contributed by atoms with van der Waals surface area (Å²) in [5.41, 5.74) is 1.48. The number of carbonyl (C=O) groups is 2. The summed E-state index contributed by atoms with van der Waals surface area (Å²) in [7, 11) is 1.59. The molecule has 0 aliphatic carbocycles. The lowest BCUT2D eigenvalue weighted by Gasteiger charge is -2.28. The van der Waals surface area contributed by atoms with Crippen molar-refractivity contribution in [1.82, 2.24) is 14.4 Å². The molecule has 0 fully saturated rings. The van der Waals surface area contributed by atoms with Gasteiger partial charge in [-0.1, -0.05) is 48.5 Å². The van der Waals surface area contributed by atoms with Crippen LogP contribution in [0.15, 0.2) is 90.4 Å². The Labute approximate surface area is 241 Å². The second kappa shape index (κ2) is 14.1. The fraction of sp³-hybridized carbons (Fsp3) is 0.290. The molecule has 2 aromatic heterocycles. The zero-order valence-corrected chi connectivity index (χ0v) is 23.5. The molecule has 4 rings (SSSR count). The molecular weight excluding hydrogens is 551 g/mol. The molecule has 0 radical (unpaired) electrons. The number of methoxy groups -OCH3 is 1. The number of halogens is 3. The number of nitrogens with zero attached hydrogens (tertiary/aromatic N) is 3. The molecule has 41 heavy (non-hydrogen) atoms. The molecule has 2 amide bonds. The fourth-order valence-electron chi connectivity index (χ4n) is 4.50. The lowest BCUT2D eigenvalue weighted by molar-refractivity contribution is -0.137. The third kappa shape index (κ3) is 8.55. The van der Waals surface area contributed by atoms with Crippen molar-refractivity contribution in [3.63, 3.8) is 0 Å². The molecule has 0 saturated heterocycles. The molecule has 0 saturated carbocycles. The van der Waals surface area contributed by atoms with Crippen molar-refractivity contribution in [2.75, 3.05) is 26.8 Å². The van der Waals surface area contributed by atoms with Crippen LogP contribution in [0.3, 0.4) is 0 Å². The highest BCUT2D eigenvalue weighted by atomic mass is 32.1. The van der Waals surface area contributed by atoms with Gasteiger partial charge in [0.25, 0.3) is 5.91 Å². The number of amides is 2. The molecule has 0 unspecified atom stereocenters. The van der Waals surface area contributed by atoms with Crippen molar-refractivity contribution >= 4 is 23.2 Å². The van der Waals surface area contributed by atoms with Crippen LogP contribution in [0.25, 0.3) is 0 Å². The predicted molar refractivity (Wildman–Crippen MR) is 152 cm³/mol. The molecular formula is C31H32F3N3O3S. The minimum atomic E-state index is -4.42. The molecule has 2 heterocycles. The van der Waals surface area contributed by atoms with Crippen LogP contribution in [0, 0.1) is 0 Å². The van der Waals surface area contributed by atoms with Crippen molar-refractivity contribution in [1.29, 1.82) is 0 Å². The van der Waals surface area contributed by atoms with Gasteiger partial charge in [-0.15, -0.1) is 11.3 Å². The lowest BCUT2D eigenvalue weighted by Crippen LogP contribution is -2.43. The molecule has 0 atom stereocenters. The van der Waals surface area contributed by atoms with Crippen LogP contribution < -0.4 is 0 Å². The van der Waals surface area contributed by atoms with E-state index >= 15 is 0 Å². The summed E-state index contributed by atoms with van der Waals surface area (Å²) in [4.78, 5) is 30.9. The zero-order valence-electron chi connectivity index (χ0n) is 22.7. The van der Waals surface area contributed by atoms with Gasteiger partial charge in [-0.3, -0.25) is 9.59 Å². The Bertz CT molecular complexity index is 1400. The van der Waals surface area contributed by atoms with Crippen LogP contribution in [0.1, 0.15) is 38.5 Å². The molecule has 0 aliphatic rings. The Morgan fingerprint density at radius 1 is 0.902 bits per heavy atom. The largest absolute Gasteiger partial charge is 0.416 e. The fourth-order valence-corrected chi connectivity index (χ4v) is 5.19. The number of rotatable bonds is 13. The highest BCUT2D eigenvalue weighted by Crippen LogP contribution is 2.30. The Kier molecular flexibility index (Phi) is 10.4. The summed E-state index contributed by atoms with van der Waals surface area (Å²) in [6, 6.07) is 21.9. The Hall–Kier alpha value is -3.89. The first-order valence-corrected chi connectivity index (χ1v) is 14.1. The van der Waals surface area contributed by atoms with Gasteiger partial charge in [0.2, 0.25) is 5.91 Å². The van der Waals surface area contributed by atoms with Crippen molar-refractivity contribution in [3.05, 3.63) is 118 Å². The monoisotopic (exact) mass is 583 g/mol. The van der Waals surface area contributed by atoms with Crippen molar-refractivity contribution in [2.45, 2.75) is 32.2 Å². The van der Waals surface area contributed by atoms with Gasteiger partial charge in [0.1, 0.15) is 6.54 Å². The van der Waals surface area contributed by atoms with Crippen LogP contribution in [0.2, 0.25) is 0 Å². The Morgan fingerprint density at radius 3 is 2.39 bits per heavy atom. The first-order chi connectivity index (χ1) is 19.7. The van der Waals surface area contributed by atoms with Crippen molar-refractivity contribution < 1.29 is 27.5 Å². The van der Waals surface area contributed by atoms with Crippen molar-refractivity contribution in [2.24, 2.45) is 0 Å². The molecule has 0 N–H and O–H groups in total. The van der Waals surface area contributed by atoms with E-state index in [2.05, 4.69) is 0 Å². The quantitative estimate of drug-likeness (QED) is 0.173. The minimum Gasteiger partial charge on any atom is -0.385 e. The number of aromatic nitrogens is 1. The van der Waals surface area contributed by atoms with E-state index in [9.17, 15) is 22.8 Å². The van der Waals surface area contributed by atoms with Crippen LogP contribution in [-0.2, 0) is 35.3 Å². The van der Waals surface area contributed by atoms with Gasteiger partial charge in [0.05, 0.1) is 17.0 Å². The number of benzene rings is 2. The SMILES string of the molecule is COCCCN(Cc1cccn1Cc1cccc(C(F)(F)F)c1)C(=O)CN(Cc1ccccc1)C(=O)c1cccs1. The van der Waals surface area contributed by atoms with E-state index in [1.165, 1.54) is 17.4 Å². The van der Waals surface area contributed by atoms with Crippen LogP contribution in [-0.4, -0.2) is 53.0 Å². The van der Waals surface area contributed by atoms with E-state index in [1.54, 1.807) is 41.3 Å². The van der Waals surface area contributed by atoms with Gasteiger partial charge in [-0.2, -0.15) is 13.2 Å². The first-order valence-electron chi connectivity index (χ1n) is 13.2. The topological polar surface area (TPSA) is 54.8 Å². The summed E-state index contributed by atoms with van der Waals surface area (Å²) in [5.74, 6) is -0.448. The van der Waals surface area contributed by atoms with Gasteiger partial charge in [0.15, 0.2) is 0 Å². The van der Waals surface area contributed by atoms with Gasteiger partial charge in [-0.25, -0.2) is 0 Å². The van der Waals surface area contributed by atoms with E-state index in [-0.39, 0.29) is 38.0 Å². The summed E-state index contributed by atoms with van der Waals surface area (Å²) in [6.45, 7) is 1.48. The van der Waals surface area contributed by atoms with Crippen molar-refractivity contribution in [3.8, 4) is 0 Å². The summed E-state index contributed by atoms with van der Waals surface area (Å²) in [5, 5.41) is 1.82. The van der Waals surface area contributed by atoms with Gasteiger partial charge >= 0.3 is 6.18 Å². The highest BCUT2D eigenvalue weighted by molar-refractivity contribution is 7.12. The number of carbonyl (C=O) groups excluding carboxylic acids is 2. The van der Waals surface area contributed by atoms with Crippen LogP contribution >= 0.6 is 11.3 Å². The molecule has 2 aromatic carbocycles. The van der Waals surface area contributed by atoms with Gasteiger partial charge in [0, 0.05) is 45.2 Å². The van der Waals surface area contributed by atoms with Gasteiger partial charge in [-0.05, 0) is 53.3 Å². The second-order valence-electron chi connectivity index (χ2n) is 9.61. The Balaban J connectivity index is 1.53. The predicted octanol–water partition coefficient (Wildman–Crippen LogP) is 6.32. The Morgan fingerprint density at radius 2 is 1.68 bits per heavy atom. The summed E-state index contributed by atoms with van der Waals surface area (Å²) < 4.78 is 46.7. The molecule has 0 bridgehead atoms. The maximum atomic E-state index is 13.7. The van der Waals surface area contributed by atoms with E-state index in [0.717, 1.165) is 23.4 Å². The second-order valence-corrected chi connectivity index (χ2v) is 10.6. The third-order valence-corrected chi connectivity index (χ3v) is 7.43. The smallest absolute Gasteiger partial charge is 0.385 e. The number of hydrogen-bond donors (Lipinski definition) is 0. The molecule has 0 aliphatic heterocycles. The summed E-state index contributed by atoms with van der Waals surface area (Å²) in [6.07, 6.45) is -2.05. The standard InChI is InChI=1S/C31H32F3N3O3S/c1-40-17-8-16-36(22-27-13-6-15-35(27)21-25-11-5-12-26(19-25)31(32,33)34)29(38)23-37(20-24-9-3-2-4-10-24)30(39)28-14-7-18-41-28/h2-7,9-15,18-19H,8,16-17,20-23H2,1H3. The van der Waals surface area contributed by atoms with Crippen LogP contribution in [0.5, 0.6) is 0 Å². The maximum Gasteiger partial charge on any atom is 0.416 e. The highest BCUT2D eigenvalue weighted by Gasteiger charge is 2.30. The summed E-state index contributed by atoms with van der Waals surface area (Å²) >= 11 is 1.32. The lowest BCUT2D eigenvalue weighted by atomic mass is 10.1. The van der Waals surface area contributed by atoms with E-state index in [0.29, 0.717) is 30.0 Å². The molecule has 10 heteroatoms. The average Bonchev–Trinajstić information content (AvgIpc) is 3.65. The van der Waals surface area contributed by atoms with Crippen LogP contribution in [0.4, 0.5) is 13.2 Å². The van der Waals surface area contributed by atoms with E-state index in [4.69, 9.17) is 4.74 Å². The molecule has 0 spiro atoms. The number of thiophene rings is 1. The number of ether oxygens (including phenoxy) is 1. The molecule has 6 nitrogen and oxygen atoms in total. The average molecular weight is 584 g/mol. The number of hydrogen-bond acceptors (Lipinski definition) is 4. The minimum absolute atomic E-state index is 0.118. The van der Waals surface area contributed by atoms with E-state index < -0.39 is 11.7 Å². The van der Waals surface area contributed by atoms with Gasteiger partial charge < -0.3 is 19.1 Å². The first kappa shape index (κ1) is 30.1. The normalized spacial score (nSPS) is 11.4. The molecule has 4 aromatic rings. The number of alkyl halides is 3. The molecule has 216 valence electrons. The third-order valence-electron chi connectivity index (χ3n) is 6.57. The maximum absolute atomic E-state index is 13.7. The van der Waals surface area contributed by atoms with E-state index in [1.807, 2.05) is 52.4 Å². The zero-order chi connectivity index (χ0) is 29.2.